The number of nitrogens with one attached hydrogen (secondary N) is 2. The molecule has 2 unspecified atom stereocenters. The molecule has 5 nitrogen and oxygen atoms in total. The first kappa shape index (κ1) is 17.3. The molecule has 3 N–H and O–H groups in total. The van der Waals surface area contributed by atoms with Crippen molar-refractivity contribution in [3.63, 3.8) is 0 Å². The summed E-state index contributed by atoms with van der Waals surface area (Å²) >= 11 is 0. The van der Waals surface area contributed by atoms with E-state index in [1.165, 1.54) is 11.3 Å². The van der Waals surface area contributed by atoms with Crippen molar-refractivity contribution in [1.29, 1.82) is 0 Å². The Kier molecular flexibility index (Phi) is 5.56. The number of para-hydroxylation sites is 1. The van der Waals surface area contributed by atoms with Crippen molar-refractivity contribution in [2.75, 3.05) is 24.6 Å². The van der Waals surface area contributed by atoms with Crippen LogP contribution in [-0.4, -0.2) is 36.9 Å². The highest BCUT2D eigenvalue weighted by molar-refractivity contribution is 5.74. The van der Waals surface area contributed by atoms with Crippen LogP contribution in [0.3, 0.4) is 0 Å². The van der Waals surface area contributed by atoms with E-state index in [1.807, 2.05) is 30.3 Å². The first-order chi connectivity index (χ1) is 12.2. The Labute approximate surface area is 148 Å². The van der Waals surface area contributed by atoms with Crippen LogP contribution in [-0.2, 0) is 6.42 Å². The molecule has 2 aromatic rings. The number of aliphatic hydroxyl groups is 1. The van der Waals surface area contributed by atoms with E-state index in [4.69, 9.17) is 0 Å². The average Bonchev–Trinajstić information content (AvgIpc) is 3.09. The fourth-order valence-electron chi connectivity index (χ4n) is 3.30. The molecule has 0 radical (unpaired) electrons. The van der Waals surface area contributed by atoms with Crippen molar-refractivity contribution < 1.29 is 9.90 Å². The fourth-order valence-corrected chi connectivity index (χ4v) is 3.30. The van der Waals surface area contributed by atoms with Gasteiger partial charge in [0.25, 0.3) is 0 Å². The second kappa shape index (κ2) is 8.03. The van der Waals surface area contributed by atoms with E-state index in [2.05, 4.69) is 46.7 Å². The molecular formula is C20H25N3O2. The highest BCUT2D eigenvalue weighted by Gasteiger charge is 2.23. The molecule has 1 heterocycles. The molecule has 1 aliphatic heterocycles. The number of hydrogen-bond acceptors (Lipinski definition) is 3. The zero-order chi connectivity index (χ0) is 17.6. The number of amides is 2. The van der Waals surface area contributed by atoms with E-state index in [0.29, 0.717) is 6.54 Å². The smallest absolute Gasteiger partial charge is 0.315 e. The van der Waals surface area contributed by atoms with Crippen LogP contribution in [0.25, 0.3) is 0 Å². The molecule has 2 amide bonds. The van der Waals surface area contributed by atoms with Crippen LogP contribution in [0.4, 0.5) is 10.5 Å². The molecule has 0 saturated heterocycles. The van der Waals surface area contributed by atoms with Crippen molar-refractivity contribution in [3.8, 4) is 0 Å². The molecule has 3 rings (SSSR count). The Morgan fingerprint density at radius 3 is 2.64 bits per heavy atom. The standard InChI is InChI=1S/C20H25N3O2/c1-15(23-12-11-17-9-5-6-10-19(17)23)13-21-20(25)22-18(14-24)16-7-3-2-4-8-16/h2-10,15,18,24H,11-14H2,1H3,(H2,21,22,25). The number of hydrogen-bond donors (Lipinski definition) is 3. The third-order valence-corrected chi connectivity index (χ3v) is 4.70. The number of carbonyl (C=O) groups excluding carboxylic acids is 1. The van der Waals surface area contributed by atoms with Gasteiger partial charge in [-0.15, -0.1) is 0 Å². The van der Waals surface area contributed by atoms with E-state index in [-0.39, 0.29) is 18.7 Å². The summed E-state index contributed by atoms with van der Waals surface area (Å²) in [6.07, 6.45) is 1.05. The number of carbonyl (C=O) groups is 1. The molecule has 1 aliphatic rings. The number of urea groups is 1. The van der Waals surface area contributed by atoms with Crippen LogP contribution in [0.5, 0.6) is 0 Å². The lowest BCUT2D eigenvalue weighted by Crippen LogP contribution is -2.46. The Morgan fingerprint density at radius 2 is 1.88 bits per heavy atom. The summed E-state index contributed by atoms with van der Waals surface area (Å²) < 4.78 is 0. The topological polar surface area (TPSA) is 64.6 Å². The Balaban J connectivity index is 1.52. The van der Waals surface area contributed by atoms with Gasteiger partial charge in [-0.1, -0.05) is 48.5 Å². The van der Waals surface area contributed by atoms with Gasteiger partial charge in [-0.25, -0.2) is 4.79 Å². The highest BCUT2D eigenvalue weighted by atomic mass is 16.3. The maximum Gasteiger partial charge on any atom is 0.315 e. The van der Waals surface area contributed by atoms with Gasteiger partial charge in [-0.05, 0) is 30.5 Å². The Morgan fingerprint density at radius 1 is 1.16 bits per heavy atom. The molecule has 0 aliphatic carbocycles. The summed E-state index contributed by atoms with van der Waals surface area (Å²) in [5, 5.41) is 15.3. The summed E-state index contributed by atoms with van der Waals surface area (Å²) in [4.78, 5) is 14.5. The van der Waals surface area contributed by atoms with Gasteiger partial charge >= 0.3 is 6.03 Å². The molecule has 0 bridgehead atoms. The van der Waals surface area contributed by atoms with E-state index in [9.17, 15) is 9.90 Å². The van der Waals surface area contributed by atoms with Crippen LogP contribution in [0.2, 0.25) is 0 Å². The Hall–Kier alpha value is -2.53. The summed E-state index contributed by atoms with van der Waals surface area (Å²) in [5.41, 5.74) is 3.51. The second-order valence-electron chi connectivity index (χ2n) is 6.42. The monoisotopic (exact) mass is 339 g/mol. The first-order valence-electron chi connectivity index (χ1n) is 8.73. The first-order valence-corrected chi connectivity index (χ1v) is 8.73. The van der Waals surface area contributed by atoms with Crippen molar-refractivity contribution in [3.05, 3.63) is 65.7 Å². The van der Waals surface area contributed by atoms with E-state index in [0.717, 1.165) is 18.5 Å². The third-order valence-electron chi connectivity index (χ3n) is 4.70. The zero-order valence-electron chi connectivity index (χ0n) is 14.5. The van der Waals surface area contributed by atoms with Crippen LogP contribution in [0, 0.1) is 0 Å². The zero-order valence-corrected chi connectivity index (χ0v) is 14.5. The van der Waals surface area contributed by atoms with Gasteiger partial charge in [0.05, 0.1) is 12.6 Å². The summed E-state index contributed by atoms with van der Waals surface area (Å²) in [6, 6.07) is 17.4. The normalized spacial score (nSPS) is 15.4. The molecule has 132 valence electrons. The minimum absolute atomic E-state index is 0.132. The van der Waals surface area contributed by atoms with Crippen LogP contribution >= 0.6 is 0 Å². The van der Waals surface area contributed by atoms with Gasteiger partial charge in [0.1, 0.15) is 0 Å². The van der Waals surface area contributed by atoms with Crippen LogP contribution in [0.15, 0.2) is 54.6 Å². The molecule has 0 saturated carbocycles. The van der Waals surface area contributed by atoms with Crippen LogP contribution < -0.4 is 15.5 Å². The predicted octanol–water partition coefficient (Wildman–Crippen LogP) is 2.47. The minimum atomic E-state index is -0.399. The molecule has 0 fully saturated rings. The summed E-state index contributed by atoms with van der Waals surface area (Å²) in [5.74, 6) is 0. The lowest BCUT2D eigenvalue weighted by Gasteiger charge is -2.28. The molecule has 2 aromatic carbocycles. The van der Waals surface area contributed by atoms with Gasteiger partial charge in [0.15, 0.2) is 0 Å². The summed E-state index contributed by atoms with van der Waals surface area (Å²) in [7, 11) is 0. The largest absolute Gasteiger partial charge is 0.394 e. The average molecular weight is 339 g/mol. The van der Waals surface area contributed by atoms with Crippen LogP contribution in [0.1, 0.15) is 24.1 Å². The van der Waals surface area contributed by atoms with Gasteiger partial charge in [0, 0.05) is 24.8 Å². The molecule has 0 aromatic heterocycles. The predicted molar refractivity (Wildman–Crippen MR) is 99.8 cm³/mol. The number of rotatable bonds is 6. The number of aliphatic hydroxyl groups excluding tert-OH is 1. The molecule has 2 atom stereocenters. The van der Waals surface area contributed by atoms with Gasteiger partial charge in [-0.2, -0.15) is 0 Å². The number of benzene rings is 2. The maximum atomic E-state index is 12.2. The highest BCUT2D eigenvalue weighted by Crippen LogP contribution is 2.28. The summed E-state index contributed by atoms with van der Waals surface area (Å²) in [6.45, 7) is 3.51. The van der Waals surface area contributed by atoms with E-state index in [1.54, 1.807) is 0 Å². The van der Waals surface area contributed by atoms with Crippen molar-refractivity contribution in [1.82, 2.24) is 10.6 Å². The third kappa shape index (κ3) is 4.12. The van der Waals surface area contributed by atoms with E-state index >= 15 is 0 Å². The van der Waals surface area contributed by atoms with Crippen molar-refractivity contribution >= 4 is 11.7 Å². The van der Waals surface area contributed by atoms with E-state index < -0.39 is 6.04 Å². The SMILES string of the molecule is CC(CNC(=O)NC(CO)c1ccccc1)N1CCc2ccccc21. The Bertz CT molecular complexity index is 705. The van der Waals surface area contributed by atoms with Crippen molar-refractivity contribution in [2.24, 2.45) is 0 Å². The quantitative estimate of drug-likeness (QED) is 0.757. The van der Waals surface area contributed by atoms with Gasteiger partial charge in [-0.3, -0.25) is 0 Å². The number of nitrogens with zero attached hydrogens (tertiary/aromatic N) is 1. The molecule has 0 spiro atoms. The lowest BCUT2D eigenvalue weighted by atomic mass is 10.1. The number of fused-ring (bicyclic) bond motifs is 1. The van der Waals surface area contributed by atoms with Crippen molar-refractivity contribution in [2.45, 2.75) is 25.4 Å². The molecular weight excluding hydrogens is 314 g/mol. The molecule has 5 heteroatoms. The minimum Gasteiger partial charge on any atom is -0.394 e. The van der Waals surface area contributed by atoms with Gasteiger partial charge < -0.3 is 20.6 Å². The number of anilines is 1. The van der Waals surface area contributed by atoms with Gasteiger partial charge in [0.2, 0.25) is 0 Å². The second-order valence-corrected chi connectivity index (χ2v) is 6.42. The maximum absolute atomic E-state index is 12.2. The lowest BCUT2D eigenvalue weighted by molar-refractivity contribution is 0.216. The molecule has 25 heavy (non-hydrogen) atoms. The fraction of sp³-hybridized carbons (Fsp3) is 0.350.